The number of rotatable bonds is 0. The summed E-state index contributed by atoms with van der Waals surface area (Å²) in [7, 11) is 0. The van der Waals surface area contributed by atoms with E-state index in [1.165, 1.54) is 0 Å². The van der Waals surface area contributed by atoms with Crippen LogP contribution in [0.15, 0.2) is 0 Å². The van der Waals surface area contributed by atoms with Crippen molar-refractivity contribution in [1.29, 1.82) is 0 Å². The molecular weight excluding hydrogens is 300 g/mol. The van der Waals surface area contributed by atoms with Crippen molar-refractivity contribution in [1.82, 2.24) is 0 Å². The van der Waals surface area contributed by atoms with Gasteiger partial charge in [0.2, 0.25) is 0 Å². The topological polar surface area (TPSA) is 0 Å². The van der Waals surface area contributed by atoms with Crippen LogP contribution < -0.4 is 0 Å². The van der Waals surface area contributed by atoms with Crippen LogP contribution in [0.5, 0.6) is 0 Å². The molecule has 0 heterocycles. The van der Waals surface area contributed by atoms with Crippen LogP contribution in [0.25, 0.3) is 0 Å². The molecule has 4 heavy (non-hydrogen) atoms. The summed E-state index contributed by atoms with van der Waals surface area (Å²) < 4.78 is 0. The molecule has 0 unspecified atom stereocenters. The fourth-order valence-corrected chi connectivity index (χ4v) is 0. The molecule has 0 aromatic heterocycles. The molecule has 0 fully saturated rings. The van der Waals surface area contributed by atoms with E-state index >= 15 is 0 Å². The van der Waals surface area contributed by atoms with E-state index in [0.29, 0.717) is 0 Å². The van der Waals surface area contributed by atoms with Crippen molar-refractivity contribution in [3.05, 3.63) is 0 Å². The van der Waals surface area contributed by atoms with Crippen LogP contribution >= 0.6 is 0 Å². The van der Waals surface area contributed by atoms with Crippen molar-refractivity contribution in [2.24, 2.45) is 0 Å². The molecule has 0 aliphatic heterocycles. The third-order valence-electron chi connectivity index (χ3n) is 0. The summed E-state index contributed by atoms with van der Waals surface area (Å²) in [6.07, 6.45) is 0. The zero-order chi connectivity index (χ0) is 0. The first-order valence-corrected chi connectivity index (χ1v) is 0. The average molecular weight is 300 g/mol. The predicted molar refractivity (Wildman–Crippen MR) is 5.75 cm³/mol. The van der Waals surface area contributed by atoms with Crippen LogP contribution in [0.1, 0.15) is 0 Å². The smallest absolute Gasteiger partial charge is 0 e. The molecule has 4 heteroatoms. The molecule has 0 bridgehead atoms. The Morgan fingerprint density at radius 1 is 0.750 bits per heavy atom. The summed E-state index contributed by atoms with van der Waals surface area (Å²) in [6.45, 7) is 0. The summed E-state index contributed by atoms with van der Waals surface area (Å²) >= 11 is 0. The van der Waals surface area contributed by atoms with Gasteiger partial charge in [-0.15, -0.1) is 0 Å². The molecule has 0 amide bonds. The van der Waals surface area contributed by atoms with E-state index in [-0.39, 0.29) is 74.0 Å². The van der Waals surface area contributed by atoms with E-state index in [9.17, 15) is 0 Å². The Bertz CT molecular complexity index is 6.00. The Morgan fingerprint density at radius 2 is 0.750 bits per heavy atom. The largest absolute Gasteiger partial charge is 0 e. The van der Waals surface area contributed by atoms with Crippen molar-refractivity contribution in [3.8, 4) is 0 Å². The van der Waals surface area contributed by atoms with Gasteiger partial charge in [0.25, 0.3) is 0 Å². The molecule has 0 spiro atoms. The molecule has 5 radical (unpaired) electrons. The van der Waals surface area contributed by atoms with Crippen molar-refractivity contribution >= 4 is 23.9 Å². The maximum Gasteiger partial charge on any atom is 0 e. The number of hydrogen-bond acceptors (Lipinski definition) is 0. The quantitative estimate of drug-likeness (QED) is 0.535. The van der Waals surface area contributed by atoms with Gasteiger partial charge in [-0.2, -0.15) is 0 Å². The SMILES string of the molecule is [Cu].[Ni].[Ni].[Sn]. The van der Waals surface area contributed by atoms with Crippen LogP contribution in [0, 0.1) is 0 Å². The van der Waals surface area contributed by atoms with Gasteiger partial charge in [-0.25, -0.2) is 0 Å². The van der Waals surface area contributed by atoms with Crippen LogP contribution in [-0.2, 0) is 50.1 Å². The normalized spacial score (nSPS) is 0. The predicted octanol–water partition coefficient (Wildman–Crippen LogP) is -0.388. The maximum absolute atomic E-state index is 0. The summed E-state index contributed by atoms with van der Waals surface area (Å²) in [5.41, 5.74) is 0. The van der Waals surface area contributed by atoms with E-state index in [1.54, 1.807) is 0 Å². The third-order valence-corrected chi connectivity index (χ3v) is 0. The molecule has 0 aromatic carbocycles. The first-order chi connectivity index (χ1) is 0. The van der Waals surface area contributed by atoms with Crippen LogP contribution in [0.2, 0.25) is 0 Å². The van der Waals surface area contributed by atoms with E-state index in [2.05, 4.69) is 0 Å². The molecule has 0 aromatic rings. The molecule has 35 valence electrons. The van der Waals surface area contributed by atoms with Gasteiger partial charge < -0.3 is 0 Å². The minimum atomic E-state index is 0. The number of hydrogen-bond donors (Lipinski definition) is 0. The molecule has 0 aliphatic rings. The molecule has 0 nitrogen and oxygen atoms in total. The van der Waals surface area contributed by atoms with Gasteiger partial charge in [-0.1, -0.05) is 0 Å². The van der Waals surface area contributed by atoms with E-state index in [1.807, 2.05) is 0 Å². The van der Waals surface area contributed by atoms with Gasteiger partial charge >= 0.3 is 0 Å². The van der Waals surface area contributed by atoms with Gasteiger partial charge in [0.15, 0.2) is 0 Å². The van der Waals surface area contributed by atoms with Crippen molar-refractivity contribution in [2.75, 3.05) is 0 Å². The average Bonchev–Trinajstić information content (AvgIpc) is 0. The second kappa shape index (κ2) is 18.5. The minimum Gasteiger partial charge on any atom is 0 e. The molecule has 0 aliphatic carbocycles. The summed E-state index contributed by atoms with van der Waals surface area (Å²) in [6, 6.07) is 0. The molecule has 0 rings (SSSR count). The van der Waals surface area contributed by atoms with E-state index in [4.69, 9.17) is 0 Å². The fraction of sp³-hybridized carbons (Fsp3) is 0. The van der Waals surface area contributed by atoms with Gasteiger partial charge in [0.1, 0.15) is 0 Å². The fourth-order valence-electron chi connectivity index (χ4n) is 0. The Balaban J connectivity index is 0. The van der Waals surface area contributed by atoms with Crippen LogP contribution in [0.3, 0.4) is 0 Å². The van der Waals surface area contributed by atoms with Crippen LogP contribution in [0.4, 0.5) is 0 Å². The Kier molecular flexibility index (Phi) is 154. The molecule has 0 N–H and O–H groups in total. The zero-order valence-corrected chi connectivity index (χ0v) is 7.20. The van der Waals surface area contributed by atoms with Crippen molar-refractivity contribution in [3.63, 3.8) is 0 Å². The Labute approximate surface area is 73.1 Å². The monoisotopic (exact) mass is 299 g/mol. The van der Waals surface area contributed by atoms with Gasteiger partial charge in [0.05, 0.1) is 0 Å². The third kappa shape index (κ3) is 8.85. The summed E-state index contributed by atoms with van der Waals surface area (Å²) in [4.78, 5) is 0. The summed E-state index contributed by atoms with van der Waals surface area (Å²) in [5.74, 6) is 0. The van der Waals surface area contributed by atoms with Gasteiger partial charge in [0, 0.05) is 74.0 Å². The van der Waals surface area contributed by atoms with Crippen molar-refractivity contribution < 1.29 is 50.1 Å². The standard InChI is InChI=1S/Cu.2Ni.Sn. The first kappa shape index (κ1) is 33.4. The van der Waals surface area contributed by atoms with E-state index in [0.717, 1.165) is 0 Å². The van der Waals surface area contributed by atoms with Crippen LogP contribution in [-0.4, -0.2) is 23.9 Å². The molecule has 0 saturated heterocycles. The van der Waals surface area contributed by atoms with Crippen molar-refractivity contribution in [2.45, 2.75) is 0 Å². The Morgan fingerprint density at radius 3 is 0.750 bits per heavy atom. The zero-order valence-electron chi connectivity index (χ0n) is 1.43. The first-order valence-electron chi connectivity index (χ1n) is 0. The van der Waals surface area contributed by atoms with E-state index < -0.39 is 0 Å². The second-order valence-electron chi connectivity index (χ2n) is 0. The Hall–Kier alpha value is 2.31. The second-order valence-corrected chi connectivity index (χ2v) is 0. The summed E-state index contributed by atoms with van der Waals surface area (Å²) in [5, 5.41) is 0. The molecule has 0 atom stereocenters. The molecule has 0 saturated carbocycles. The minimum absolute atomic E-state index is 0. The van der Waals surface area contributed by atoms with Gasteiger partial charge in [-0.3, -0.25) is 0 Å². The molecular formula is CuNi2Sn. The van der Waals surface area contributed by atoms with Gasteiger partial charge in [-0.05, 0) is 0 Å². The maximum atomic E-state index is 0.